The Morgan fingerprint density at radius 1 is 0.921 bits per heavy atom. The Morgan fingerprint density at radius 2 is 1.53 bits per heavy atom. The van der Waals surface area contributed by atoms with Crippen molar-refractivity contribution in [2.45, 2.75) is 25.8 Å². The monoisotopic (exact) mass is 539 g/mol. The third-order valence-electron chi connectivity index (χ3n) is 5.68. The van der Waals surface area contributed by atoms with Crippen molar-refractivity contribution in [2.75, 3.05) is 39.5 Å². The minimum atomic E-state index is -4.99. The van der Waals surface area contributed by atoms with E-state index in [0.717, 1.165) is 10.5 Å². The Morgan fingerprint density at radius 3 is 2.08 bits per heavy atom. The molecule has 3 aromatic rings. The van der Waals surface area contributed by atoms with E-state index in [1.54, 1.807) is 12.1 Å². The summed E-state index contributed by atoms with van der Waals surface area (Å²) in [6.07, 6.45) is -8.51. The number of benzene rings is 2. The van der Waals surface area contributed by atoms with Gasteiger partial charge in [0.2, 0.25) is 5.95 Å². The molecule has 6 nitrogen and oxygen atoms in total. The molecule has 3 rings (SSSR count). The van der Waals surface area contributed by atoms with Crippen molar-refractivity contribution in [1.29, 1.82) is 0 Å². The van der Waals surface area contributed by atoms with Crippen LogP contribution in [0.2, 0.25) is 0 Å². The first kappa shape index (κ1) is 28.9. The van der Waals surface area contributed by atoms with Gasteiger partial charge in [-0.2, -0.15) is 26.3 Å². The highest BCUT2D eigenvalue weighted by Gasteiger charge is 2.37. The maximum Gasteiger partial charge on any atom is 0.416 e. The summed E-state index contributed by atoms with van der Waals surface area (Å²) in [6, 6.07) is 8.45. The number of aryl methyl sites for hydroxylation is 1. The Balaban J connectivity index is 2.00. The molecule has 1 N–H and O–H groups in total. The molecule has 1 heterocycles. The summed E-state index contributed by atoms with van der Waals surface area (Å²) in [5.74, 6) is -0.522. The second-order valence-electron chi connectivity index (χ2n) is 9.08. The van der Waals surface area contributed by atoms with Crippen molar-refractivity contribution in [3.63, 3.8) is 0 Å². The first-order chi connectivity index (χ1) is 17.7. The lowest BCUT2D eigenvalue weighted by Gasteiger charge is -2.21. The van der Waals surface area contributed by atoms with Crippen molar-refractivity contribution >= 4 is 11.9 Å². The van der Waals surface area contributed by atoms with E-state index >= 15 is 0 Å². The van der Waals surface area contributed by atoms with Crippen molar-refractivity contribution in [3.05, 3.63) is 76.6 Å². The second-order valence-corrected chi connectivity index (χ2v) is 9.08. The maximum atomic E-state index is 13.5. The lowest BCUT2D eigenvalue weighted by molar-refractivity contribution is -0.143. The first-order valence-corrected chi connectivity index (χ1v) is 11.5. The largest absolute Gasteiger partial charge is 0.416 e. The minimum Gasteiger partial charge on any atom is -0.353 e. The maximum absolute atomic E-state index is 13.5. The third kappa shape index (κ3) is 7.21. The van der Waals surface area contributed by atoms with Crippen molar-refractivity contribution in [3.8, 4) is 11.1 Å². The molecule has 0 atom stereocenters. The van der Waals surface area contributed by atoms with Crippen LogP contribution >= 0.6 is 0 Å². The highest BCUT2D eigenvalue weighted by atomic mass is 19.4. The SMILES string of the molecule is Cc1ccccc1-c1cnc(NCCN(C)C)nc1C(=O)N(C)Cc1cc(C(F)(F)F)cc(C(F)(F)F)c1. The summed E-state index contributed by atoms with van der Waals surface area (Å²) in [5, 5.41) is 3.02. The molecule has 1 aromatic heterocycles. The van der Waals surface area contributed by atoms with E-state index in [1.165, 1.54) is 13.2 Å². The van der Waals surface area contributed by atoms with Crippen LogP contribution in [-0.4, -0.2) is 59.9 Å². The quantitative estimate of drug-likeness (QED) is 0.370. The van der Waals surface area contributed by atoms with E-state index in [-0.39, 0.29) is 23.3 Å². The predicted octanol–water partition coefficient (Wildman–Crippen LogP) is 5.74. The van der Waals surface area contributed by atoms with Crippen molar-refractivity contribution < 1.29 is 31.1 Å². The molecule has 12 heteroatoms. The molecule has 0 spiro atoms. The van der Waals surface area contributed by atoms with Gasteiger partial charge in [-0.1, -0.05) is 24.3 Å². The fourth-order valence-electron chi connectivity index (χ4n) is 3.73. The zero-order valence-corrected chi connectivity index (χ0v) is 21.2. The summed E-state index contributed by atoms with van der Waals surface area (Å²) >= 11 is 0. The average molecular weight is 540 g/mol. The normalized spacial score (nSPS) is 12.1. The van der Waals surface area contributed by atoms with Gasteiger partial charge in [0.25, 0.3) is 5.91 Å². The Kier molecular flexibility index (Phi) is 8.65. The number of hydrogen-bond donors (Lipinski definition) is 1. The number of hydrogen-bond acceptors (Lipinski definition) is 5. The van der Waals surface area contributed by atoms with Gasteiger partial charge in [-0.3, -0.25) is 4.79 Å². The zero-order chi connectivity index (χ0) is 28.3. The Labute approximate surface area is 216 Å². The molecule has 1 amide bonds. The Bertz CT molecular complexity index is 1260. The average Bonchev–Trinajstić information content (AvgIpc) is 2.82. The van der Waals surface area contributed by atoms with E-state index in [4.69, 9.17) is 0 Å². The molecule has 0 aliphatic carbocycles. The van der Waals surface area contributed by atoms with E-state index in [0.29, 0.717) is 36.3 Å². The number of amides is 1. The van der Waals surface area contributed by atoms with Gasteiger partial charge in [0, 0.05) is 38.4 Å². The number of nitrogens with zero attached hydrogens (tertiary/aromatic N) is 4. The van der Waals surface area contributed by atoms with Crippen LogP contribution in [0.5, 0.6) is 0 Å². The number of alkyl halides is 6. The predicted molar refractivity (Wildman–Crippen MR) is 131 cm³/mol. The van der Waals surface area contributed by atoms with E-state index in [9.17, 15) is 31.1 Å². The number of anilines is 1. The molecule has 204 valence electrons. The lowest BCUT2D eigenvalue weighted by Crippen LogP contribution is -2.29. The summed E-state index contributed by atoms with van der Waals surface area (Å²) in [4.78, 5) is 25.1. The highest BCUT2D eigenvalue weighted by Crippen LogP contribution is 2.36. The minimum absolute atomic E-state index is 0.0350. The first-order valence-electron chi connectivity index (χ1n) is 11.5. The standard InChI is InChI=1S/C26H27F6N5O/c1-16-7-5-6-8-20(16)21-14-34-24(33-9-10-36(2)3)35-22(21)23(38)37(4)15-17-11-18(25(27,28)29)13-19(12-17)26(30,31)32/h5-8,11-14H,9-10,15H2,1-4H3,(H,33,34,35). The number of halogens is 6. The van der Waals surface area contributed by atoms with E-state index in [1.807, 2.05) is 38.1 Å². The van der Waals surface area contributed by atoms with Gasteiger partial charge in [-0.25, -0.2) is 9.97 Å². The number of aromatic nitrogens is 2. The number of carbonyl (C=O) groups excluding carboxylic acids is 1. The van der Waals surface area contributed by atoms with Crippen LogP contribution in [0.25, 0.3) is 11.1 Å². The molecule has 38 heavy (non-hydrogen) atoms. The van der Waals surface area contributed by atoms with Gasteiger partial charge in [0.1, 0.15) is 5.69 Å². The van der Waals surface area contributed by atoms with Crippen LogP contribution in [0.4, 0.5) is 32.3 Å². The van der Waals surface area contributed by atoms with Crippen LogP contribution in [-0.2, 0) is 18.9 Å². The molecule has 0 radical (unpaired) electrons. The lowest BCUT2D eigenvalue weighted by atomic mass is 10.00. The fraction of sp³-hybridized carbons (Fsp3) is 0.346. The topological polar surface area (TPSA) is 61.4 Å². The number of nitrogens with one attached hydrogen (secondary N) is 1. The Hall–Kier alpha value is -3.67. The highest BCUT2D eigenvalue weighted by molar-refractivity contribution is 5.99. The molecule has 0 unspecified atom stereocenters. The molecule has 0 saturated carbocycles. The molecular weight excluding hydrogens is 512 g/mol. The van der Waals surface area contributed by atoms with Crippen LogP contribution in [0, 0.1) is 6.92 Å². The summed E-state index contributed by atoms with van der Waals surface area (Å²) < 4.78 is 79.8. The number of likely N-dealkylation sites (N-methyl/N-ethyl adjacent to an activating group) is 1. The molecule has 0 aliphatic rings. The van der Waals surface area contributed by atoms with E-state index in [2.05, 4.69) is 15.3 Å². The summed E-state index contributed by atoms with van der Waals surface area (Å²) in [7, 11) is 5.05. The fourth-order valence-corrected chi connectivity index (χ4v) is 3.73. The molecule has 0 bridgehead atoms. The molecule has 0 aliphatic heterocycles. The van der Waals surface area contributed by atoms with Gasteiger partial charge >= 0.3 is 12.4 Å². The molecule has 2 aromatic carbocycles. The van der Waals surface area contributed by atoms with E-state index < -0.39 is 35.9 Å². The van der Waals surface area contributed by atoms with Gasteiger partial charge < -0.3 is 15.1 Å². The van der Waals surface area contributed by atoms with Gasteiger partial charge in [0.05, 0.1) is 11.1 Å². The van der Waals surface area contributed by atoms with Gasteiger partial charge in [-0.05, 0) is 55.9 Å². The second kappa shape index (κ2) is 11.4. The van der Waals surface area contributed by atoms with Crippen LogP contribution in [0.3, 0.4) is 0 Å². The smallest absolute Gasteiger partial charge is 0.353 e. The summed E-state index contributed by atoms with van der Waals surface area (Å²) in [5.41, 5.74) is -1.36. The molecule has 0 fully saturated rings. The number of rotatable bonds is 8. The van der Waals surface area contributed by atoms with Crippen LogP contribution in [0.15, 0.2) is 48.7 Å². The number of carbonyl (C=O) groups is 1. The molecular formula is C26H27F6N5O. The van der Waals surface area contributed by atoms with Gasteiger partial charge in [0.15, 0.2) is 0 Å². The van der Waals surface area contributed by atoms with Crippen molar-refractivity contribution in [2.24, 2.45) is 0 Å². The zero-order valence-electron chi connectivity index (χ0n) is 21.2. The van der Waals surface area contributed by atoms with Gasteiger partial charge in [-0.15, -0.1) is 0 Å². The summed E-state index contributed by atoms with van der Waals surface area (Å²) in [6.45, 7) is 2.46. The van der Waals surface area contributed by atoms with Crippen LogP contribution in [0.1, 0.15) is 32.7 Å². The van der Waals surface area contributed by atoms with Crippen molar-refractivity contribution in [1.82, 2.24) is 19.8 Å². The third-order valence-corrected chi connectivity index (χ3v) is 5.68. The molecule has 0 saturated heterocycles. The van der Waals surface area contributed by atoms with Crippen LogP contribution < -0.4 is 5.32 Å².